The molecular formula is C29H24N2O4. The zero-order valence-electron chi connectivity index (χ0n) is 19.2. The number of phenols is 1. The van der Waals surface area contributed by atoms with Crippen LogP contribution in [-0.4, -0.2) is 17.6 Å². The van der Waals surface area contributed by atoms with Crippen LogP contribution < -0.4 is 14.8 Å². The molecule has 4 rings (SSSR count). The molecule has 1 amide bonds. The van der Waals surface area contributed by atoms with Gasteiger partial charge in [0.05, 0.1) is 6.61 Å². The Kier molecular flexibility index (Phi) is 7.29. The summed E-state index contributed by atoms with van der Waals surface area (Å²) in [5, 5.41) is 23.9. The second-order valence-corrected chi connectivity index (χ2v) is 7.78. The molecule has 0 aliphatic carbocycles. The fourth-order valence-corrected chi connectivity index (χ4v) is 3.55. The fourth-order valence-electron chi connectivity index (χ4n) is 3.55. The Morgan fingerprint density at radius 2 is 1.71 bits per heavy atom. The van der Waals surface area contributed by atoms with Gasteiger partial charge in [0.25, 0.3) is 5.91 Å². The van der Waals surface area contributed by atoms with E-state index in [0.29, 0.717) is 36.0 Å². The second kappa shape index (κ2) is 10.9. The summed E-state index contributed by atoms with van der Waals surface area (Å²) in [4.78, 5) is 12.5. The lowest BCUT2D eigenvalue weighted by Crippen LogP contribution is -2.13. The summed E-state index contributed by atoms with van der Waals surface area (Å²) in [7, 11) is 0. The molecule has 0 spiro atoms. The minimum absolute atomic E-state index is 0.0645. The van der Waals surface area contributed by atoms with E-state index < -0.39 is 5.91 Å². The van der Waals surface area contributed by atoms with Crippen LogP contribution in [-0.2, 0) is 11.4 Å². The molecule has 0 saturated carbocycles. The van der Waals surface area contributed by atoms with E-state index in [1.807, 2.05) is 31.2 Å². The summed E-state index contributed by atoms with van der Waals surface area (Å²) < 4.78 is 11.8. The molecule has 0 atom stereocenters. The van der Waals surface area contributed by atoms with Gasteiger partial charge in [-0.1, -0.05) is 42.5 Å². The standard InChI is InChI=1S/C29H24N2O4/c1-2-34-28-17-20(15-24(18-30)29(33)31-25-10-12-26(32)13-11-25)8-14-27(28)35-19-21-7-9-22-5-3-4-6-23(22)16-21/h3-17,32H,2,19H2,1H3,(H,31,33)/b24-15+. The van der Waals surface area contributed by atoms with Gasteiger partial charge >= 0.3 is 0 Å². The van der Waals surface area contributed by atoms with Gasteiger partial charge in [-0.2, -0.15) is 5.26 Å². The molecular weight excluding hydrogens is 440 g/mol. The molecule has 6 heteroatoms. The number of phenolic OH excluding ortho intramolecular Hbond substituents is 1. The van der Waals surface area contributed by atoms with Crippen LogP contribution in [0, 0.1) is 11.3 Å². The van der Waals surface area contributed by atoms with Crippen LogP contribution in [0.25, 0.3) is 16.8 Å². The monoisotopic (exact) mass is 464 g/mol. The number of anilines is 1. The molecule has 0 aliphatic heterocycles. The minimum Gasteiger partial charge on any atom is -0.508 e. The molecule has 0 saturated heterocycles. The molecule has 0 aliphatic rings. The van der Waals surface area contributed by atoms with Gasteiger partial charge in [-0.25, -0.2) is 0 Å². The van der Waals surface area contributed by atoms with Crippen molar-refractivity contribution in [1.29, 1.82) is 5.26 Å². The van der Waals surface area contributed by atoms with Gasteiger partial charge in [0.1, 0.15) is 24.0 Å². The highest BCUT2D eigenvalue weighted by Gasteiger charge is 2.12. The third-order valence-corrected chi connectivity index (χ3v) is 5.28. The predicted octanol–water partition coefficient (Wildman–Crippen LogP) is 6.07. The van der Waals surface area contributed by atoms with Crippen molar-refractivity contribution in [3.05, 3.63) is 102 Å². The van der Waals surface area contributed by atoms with Gasteiger partial charge in [-0.05, 0) is 77.4 Å². The van der Waals surface area contributed by atoms with E-state index in [-0.39, 0.29) is 11.3 Å². The molecule has 0 heterocycles. The molecule has 0 aromatic heterocycles. The van der Waals surface area contributed by atoms with Crippen molar-refractivity contribution in [2.24, 2.45) is 0 Å². The maximum atomic E-state index is 12.5. The summed E-state index contributed by atoms with van der Waals surface area (Å²) in [6.45, 7) is 2.69. The van der Waals surface area contributed by atoms with E-state index >= 15 is 0 Å². The third kappa shape index (κ3) is 5.98. The number of hydrogen-bond acceptors (Lipinski definition) is 5. The van der Waals surface area contributed by atoms with Gasteiger partial charge in [-0.15, -0.1) is 0 Å². The Morgan fingerprint density at radius 1 is 0.943 bits per heavy atom. The van der Waals surface area contributed by atoms with Crippen LogP contribution in [0.15, 0.2) is 90.5 Å². The average molecular weight is 465 g/mol. The van der Waals surface area contributed by atoms with Gasteiger partial charge in [0, 0.05) is 5.69 Å². The van der Waals surface area contributed by atoms with E-state index in [1.54, 1.807) is 30.3 Å². The number of nitriles is 1. The zero-order valence-corrected chi connectivity index (χ0v) is 19.2. The van der Waals surface area contributed by atoms with Crippen molar-refractivity contribution in [1.82, 2.24) is 0 Å². The lowest BCUT2D eigenvalue weighted by Gasteiger charge is -2.13. The number of nitrogens with one attached hydrogen (secondary N) is 1. The summed E-state index contributed by atoms with van der Waals surface area (Å²) in [6.07, 6.45) is 1.49. The highest BCUT2D eigenvalue weighted by Crippen LogP contribution is 2.30. The van der Waals surface area contributed by atoms with Gasteiger partial charge in [-0.3, -0.25) is 4.79 Å². The smallest absolute Gasteiger partial charge is 0.266 e. The van der Waals surface area contributed by atoms with Gasteiger partial charge in [0.2, 0.25) is 0 Å². The lowest BCUT2D eigenvalue weighted by atomic mass is 10.1. The van der Waals surface area contributed by atoms with Crippen molar-refractivity contribution >= 4 is 28.4 Å². The number of ether oxygens (including phenoxy) is 2. The number of fused-ring (bicyclic) bond motifs is 1. The van der Waals surface area contributed by atoms with Gasteiger partial charge in [0.15, 0.2) is 11.5 Å². The number of aromatic hydroxyl groups is 1. The molecule has 0 unspecified atom stereocenters. The first-order valence-electron chi connectivity index (χ1n) is 11.1. The zero-order chi connectivity index (χ0) is 24.6. The SMILES string of the molecule is CCOc1cc(/C=C(\C#N)C(=O)Nc2ccc(O)cc2)ccc1OCc1ccc2ccccc2c1. The van der Waals surface area contributed by atoms with Crippen molar-refractivity contribution in [2.45, 2.75) is 13.5 Å². The number of nitrogens with zero attached hydrogens (tertiary/aromatic N) is 1. The third-order valence-electron chi connectivity index (χ3n) is 5.28. The van der Waals surface area contributed by atoms with Crippen LogP contribution in [0.5, 0.6) is 17.2 Å². The first kappa shape index (κ1) is 23.4. The summed E-state index contributed by atoms with van der Waals surface area (Å²) >= 11 is 0. The maximum Gasteiger partial charge on any atom is 0.266 e. The lowest BCUT2D eigenvalue weighted by molar-refractivity contribution is -0.112. The van der Waals surface area contributed by atoms with E-state index in [2.05, 4.69) is 29.6 Å². The highest BCUT2D eigenvalue weighted by atomic mass is 16.5. The molecule has 0 bridgehead atoms. The number of amides is 1. The van der Waals surface area contributed by atoms with Crippen molar-refractivity contribution < 1.29 is 19.4 Å². The summed E-state index contributed by atoms with van der Waals surface area (Å²) in [5.41, 5.74) is 2.07. The van der Waals surface area contributed by atoms with Crippen LogP contribution in [0.1, 0.15) is 18.1 Å². The Bertz CT molecular complexity index is 1420. The topological polar surface area (TPSA) is 91.6 Å². The Morgan fingerprint density at radius 3 is 2.46 bits per heavy atom. The quantitative estimate of drug-likeness (QED) is 0.188. The number of rotatable bonds is 8. The Labute approximate surface area is 203 Å². The molecule has 6 nitrogen and oxygen atoms in total. The first-order valence-corrected chi connectivity index (χ1v) is 11.1. The fraction of sp³-hybridized carbons (Fsp3) is 0.103. The largest absolute Gasteiger partial charge is 0.508 e. The molecule has 4 aromatic carbocycles. The van der Waals surface area contributed by atoms with E-state index in [4.69, 9.17) is 9.47 Å². The first-order chi connectivity index (χ1) is 17.1. The molecule has 174 valence electrons. The minimum atomic E-state index is -0.548. The van der Waals surface area contributed by atoms with Crippen LogP contribution in [0.4, 0.5) is 5.69 Å². The molecule has 35 heavy (non-hydrogen) atoms. The van der Waals surface area contributed by atoms with Crippen molar-refractivity contribution in [3.8, 4) is 23.3 Å². The van der Waals surface area contributed by atoms with Crippen LogP contribution in [0.3, 0.4) is 0 Å². The summed E-state index contributed by atoms with van der Waals surface area (Å²) in [6, 6.07) is 27.6. The van der Waals surface area contributed by atoms with Gasteiger partial charge < -0.3 is 19.9 Å². The second-order valence-electron chi connectivity index (χ2n) is 7.78. The van der Waals surface area contributed by atoms with Crippen LogP contribution >= 0.6 is 0 Å². The highest BCUT2D eigenvalue weighted by molar-refractivity contribution is 6.09. The normalized spacial score (nSPS) is 11.0. The number of benzene rings is 4. The van der Waals surface area contributed by atoms with E-state index in [1.165, 1.54) is 23.6 Å². The molecule has 4 aromatic rings. The predicted molar refractivity (Wildman–Crippen MR) is 136 cm³/mol. The average Bonchev–Trinajstić information content (AvgIpc) is 2.88. The molecule has 0 fully saturated rings. The number of carbonyl (C=O) groups excluding carboxylic acids is 1. The maximum absolute atomic E-state index is 12.5. The van der Waals surface area contributed by atoms with E-state index in [0.717, 1.165) is 10.9 Å². The molecule has 0 radical (unpaired) electrons. The summed E-state index contributed by atoms with van der Waals surface area (Å²) in [5.74, 6) is 0.640. The Hall–Kier alpha value is -4.76. The number of hydrogen-bond donors (Lipinski definition) is 2. The van der Waals surface area contributed by atoms with Crippen LogP contribution in [0.2, 0.25) is 0 Å². The molecule has 2 N–H and O–H groups in total. The number of carbonyl (C=O) groups is 1. The van der Waals surface area contributed by atoms with E-state index in [9.17, 15) is 15.2 Å². The Balaban J connectivity index is 1.51. The van der Waals surface area contributed by atoms with Crippen molar-refractivity contribution in [3.63, 3.8) is 0 Å². The van der Waals surface area contributed by atoms with Crippen molar-refractivity contribution in [2.75, 3.05) is 11.9 Å².